The molecule has 20 heavy (non-hydrogen) atoms. The van der Waals surface area contributed by atoms with Gasteiger partial charge in [0.15, 0.2) is 0 Å². The number of amides is 1. The van der Waals surface area contributed by atoms with Gasteiger partial charge in [-0.2, -0.15) is 0 Å². The van der Waals surface area contributed by atoms with Gasteiger partial charge in [0.1, 0.15) is 11.9 Å². The molecule has 102 valence electrons. The summed E-state index contributed by atoms with van der Waals surface area (Å²) in [4.78, 5) is 12.1. The van der Waals surface area contributed by atoms with Crippen molar-refractivity contribution in [1.29, 1.82) is 0 Å². The number of halogens is 2. The predicted molar refractivity (Wildman–Crippen MR) is 78.4 cm³/mol. The highest BCUT2D eigenvalue weighted by atomic mass is 35.5. The SMILES string of the molecule is O=C1NC(c2cc(Cl)cc(Cl)c2O)Nc2ccccc21. The van der Waals surface area contributed by atoms with Crippen LogP contribution in [0.2, 0.25) is 10.0 Å². The summed E-state index contributed by atoms with van der Waals surface area (Å²) in [6.07, 6.45) is -0.589. The van der Waals surface area contributed by atoms with Crippen molar-refractivity contribution < 1.29 is 9.90 Å². The van der Waals surface area contributed by atoms with E-state index in [4.69, 9.17) is 23.2 Å². The standard InChI is InChI=1S/C14H10Cl2N2O2/c15-7-5-9(12(19)10(16)6-7)13-17-11-4-2-1-3-8(11)14(20)18-13/h1-6,13,17,19H,(H,18,20). The molecule has 0 spiro atoms. The number of fused-ring (bicyclic) bond motifs is 1. The molecule has 2 aromatic rings. The lowest BCUT2D eigenvalue weighted by atomic mass is 10.1. The molecule has 1 aliphatic heterocycles. The van der Waals surface area contributed by atoms with Gasteiger partial charge in [-0.3, -0.25) is 4.79 Å². The number of rotatable bonds is 1. The smallest absolute Gasteiger partial charge is 0.255 e. The summed E-state index contributed by atoms with van der Waals surface area (Å²) in [6.45, 7) is 0. The van der Waals surface area contributed by atoms with E-state index in [0.717, 1.165) is 0 Å². The van der Waals surface area contributed by atoms with Gasteiger partial charge in [-0.25, -0.2) is 0 Å². The molecule has 1 unspecified atom stereocenters. The molecule has 4 nitrogen and oxygen atoms in total. The van der Waals surface area contributed by atoms with Crippen LogP contribution in [0.3, 0.4) is 0 Å². The Bertz CT molecular complexity index is 704. The Morgan fingerprint density at radius 1 is 1.10 bits per heavy atom. The van der Waals surface area contributed by atoms with Crippen molar-refractivity contribution in [1.82, 2.24) is 5.32 Å². The average Bonchev–Trinajstić information content (AvgIpc) is 2.43. The van der Waals surface area contributed by atoms with Crippen LogP contribution in [-0.4, -0.2) is 11.0 Å². The van der Waals surface area contributed by atoms with E-state index in [1.165, 1.54) is 6.07 Å². The summed E-state index contributed by atoms with van der Waals surface area (Å²) >= 11 is 11.8. The summed E-state index contributed by atoms with van der Waals surface area (Å²) in [7, 11) is 0. The third kappa shape index (κ3) is 2.17. The van der Waals surface area contributed by atoms with Crippen LogP contribution in [0.15, 0.2) is 36.4 Å². The maximum Gasteiger partial charge on any atom is 0.255 e. The van der Waals surface area contributed by atoms with Crippen LogP contribution < -0.4 is 10.6 Å². The fraction of sp³-hybridized carbons (Fsp3) is 0.0714. The molecule has 0 radical (unpaired) electrons. The van der Waals surface area contributed by atoms with Crippen molar-refractivity contribution in [3.8, 4) is 5.75 Å². The lowest BCUT2D eigenvalue weighted by Gasteiger charge is -2.28. The van der Waals surface area contributed by atoms with E-state index in [2.05, 4.69) is 10.6 Å². The summed E-state index contributed by atoms with van der Waals surface area (Å²) in [5.41, 5.74) is 1.67. The molecule has 1 aliphatic rings. The van der Waals surface area contributed by atoms with E-state index >= 15 is 0 Å². The monoisotopic (exact) mass is 308 g/mol. The second-order valence-electron chi connectivity index (χ2n) is 4.42. The minimum Gasteiger partial charge on any atom is -0.506 e. The number of hydrogen-bond donors (Lipinski definition) is 3. The van der Waals surface area contributed by atoms with E-state index in [0.29, 0.717) is 21.8 Å². The van der Waals surface area contributed by atoms with Crippen LogP contribution >= 0.6 is 23.2 Å². The van der Waals surface area contributed by atoms with E-state index in [1.54, 1.807) is 24.3 Å². The number of carbonyl (C=O) groups excluding carboxylic acids is 1. The predicted octanol–water partition coefficient (Wildman–Crippen LogP) is 3.55. The molecule has 0 aliphatic carbocycles. The van der Waals surface area contributed by atoms with Gasteiger partial charge in [0.25, 0.3) is 5.91 Å². The molecule has 0 fully saturated rings. The number of aromatic hydroxyl groups is 1. The first-order valence-electron chi connectivity index (χ1n) is 5.90. The van der Waals surface area contributed by atoms with Crippen molar-refractivity contribution in [3.63, 3.8) is 0 Å². The number of nitrogens with one attached hydrogen (secondary N) is 2. The Balaban J connectivity index is 2.04. The summed E-state index contributed by atoms with van der Waals surface area (Å²) < 4.78 is 0. The molecule has 1 amide bonds. The molecule has 0 saturated heterocycles. The Labute approximate surface area is 125 Å². The number of hydrogen-bond acceptors (Lipinski definition) is 3. The van der Waals surface area contributed by atoms with Gasteiger partial charge in [0, 0.05) is 16.3 Å². The fourth-order valence-electron chi connectivity index (χ4n) is 2.17. The zero-order valence-corrected chi connectivity index (χ0v) is 11.7. The Morgan fingerprint density at radius 2 is 1.85 bits per heavy atom. The van der Waals surface area contributed by atoms with Crippen LogP contribution in [-0.2, 0) is 0 Å². The van der Waals surface area contributed by atoms with Crippen LogP contribution in [0.5, 0.6) is 5.75 Å². The summed E-state index contributed by atoms with van der Waals surface area (Å²) in [5, 5.41) is 16.4. The lowest BCUT2D eigenvalue weighted by molar-refractivity contribution is 0.0935. The Morgan fingerprint density at radius 3 is 2.65 bits per heavy atom. The maximum atomic E-state index is 12.1. The number of para-hydroxylation sites is 1. The number of benzene rings is 2. The third-order valence-corrected chi connectivity index (χ3v) is 3.62. The summed E-state index contributed by atoms with van der Waals surface area (Å²) in [5.74, 6) is -0.326. The largest absolute Gasteiger partial charge is 0.506 e. The first-order chi connectivity index (χ1) is 9.56. The van der Waals surface area contributed by atoms with Gasteiger partial charge < -0.3 is 15.7 Å². The highest BCUT2D eigenvalue weighted by Gasteiger charge is 2.26. The minimum atomic E-state index is -0.589. The maximum absolute atomic E-state index is 12.1. The second kappa shape index (κ2) is 4.89. The first kappa shape index (κ1) is 13.1. The number of anilines is 1. The van der Waals surface area contributed by atoms with Gasteiger partial charge >= 0.3 is 0 Å². The number of phenolic OH excluding ortho intramolecular Hbond substituents is 1. The molecule has 0 saturated carbocycles. The van der Waals surface area contributed by atoms with Gasteiger partial charge in [0.2, 0.25) is 0 Å². The van der Waals surface area contributed by atoms with E-state index in [9.17, 15) is 9.90 Å². The first-order valence-corrected chi connectivity index (χ1v) is 6.66. The van der Waals surface area contributed by atoms with Crippen molar-refractivity contribution >= 4 is 34.8 Å². The number of phenols is 1. The number of carbonyl (C=O) groups is 1. The van der Waals surface area contributed by atoms with Crippen molar-refractivity contribution in [3.05, 3.63) is 57.6 Å². The molecule has 6 heteroatoms. The van der Waals surface area contributed by atoms with Crippen molar-refractivity contribution in [2.24, 2.45) is 0 Å². The quantitative estimate of drug-likeness (QED) is 0.755. The van der Waals surface area contributed by atoms with Gasteiger partial charge in [0.05, 0.1) is 10.6 Å². The van der Waals surface area contributed by atoms with E-state index < -0.39 is 6.17 Å². The highest BCUT2D eigenvalue weighted by Crippen LogP contribution is 2.37. The van der Waals surface area contributed by atoms with Crippen molar-refractivity contribution in [2.75, 3.05) is 5.32 Å². The molecular weight excluding hydrogens is 299 g/mol. The van der Waals surface area contributed by atoms with E-state index in [-0.39, 0.29) is 16.7 Å². The molecule has 0 bridgehead atoms. The molecule has 3 rings (SSSR count). The molecule has 2 aromatic carbocycles. The van der Waals surface area contributed by atoms with Gasteiger partial charge in [-0.05, 0) is 24.3 Å². The Kier molecular flexibility index (Phi) is 3.20. The van der Waals surface area contributed by atoms with Crippen LogP contribution in [0.1, 0.15) is 22.1 Å². The normalized spacial score (nSPS) is 17.1. The average molecular weight is 309 g/mol. The zero-order valence-electron chi connectivity index (χ0n) is 10.2. The van der Waals surface area contributed by atoms with Gasteiger partial charge in [-0.1, -0.05) is 35.3 Å². The van der Waals surface area contributed by atoms with Crippen LogP contribution in [0, 0.1) is 0 Å². The zero-order chi connectivity index (χ0) is 14.3. The molecule has 1 atom stereocenters. The lowest BCUT2D eigenvalue weighted by Crippen LogP contribution is -2.38. The molecule has 1 heterocycles. The second-order valence-corrected chi connectivity index (χ2v) is 5.27. The minimum absolute atomic E-state index is 0.103. The summed E-state index contributed by atoms with van der Waals surface area (Å²) in [6, 6.07) is 10.1. The van der Waals surface area contributed by atoms with Crippen LogP contribution in [0.25, 0.3) is 0 Å². The molecular formula is C14H10Cl2N2O2. The fourth-order valence-corrected chi connectivity index (χ4v) is 2.68. The van der Waals surface area contributed by atoms with Gasteiger partial charge in [-0.15, -0.1) is 0 Å². The molecule has 3 N–H and O–H groups in total. The molecule has 0 aromatic heterocycles. The topological polar surface area (TPSA) is 61.4 Å². The Hall–Kier alpha value is -1.91. The van der Waals surface area contributed by atoms with E-state index in [1.807, 2.05) is 6.07 Å². The third-order valence-electron chi connectivity index (χ3n) is 3.12. The van der Waals surface area contributed by atoms with Crippen molar-refractivity contribution in [2.45, 2.75) is 6.17 Å². The highest BCUT2D eigenvalue weighted by molar-refractivity contribution is 6.35. The van der Waals surface area contributed by atoms with Crippen LogP contribution in [0.4, 0.5) is 5.69 Å².